The first-order valence-electron chi connectivity index (χ1n) is 9.50. The first kappa shape index (κ1) is 20.0. The van der Waals surface area contributed by atoms with Crippen LogP contribution >= 0.6 is 0 Å². The number of nitrogens with one attached hydrogen (secondary N) is 2. The van der Waals surface area contributed by atoms with Crippen LogP contribution in [0, 0.1) is 5.41 Å². The summed E-state index contributed by atoms with van der Waals surface area (Å²) < 4.78 is 11.3. The minimum Gasteiger partial charge on any atom is -0.379 e. The maximum absolute atomic E-state index is 5.64. The van der Waals surface area contributed by atoms with Crippen LogP contribution in [0.25, 0.3) is 0 Å². The first-order valence-corrected chi connectivity index (χ1v) is 9.50. The van der Waals surface area contributed by atoms with Crippen LogP contribution in [0.5, 0.6) is 0 Å². The number of ether oxygens (including phenoxy) is 2. The van der Waals surface area contributed by atoms with Gasteiger partial charge in [-0.15, -0.1) is 0 Å². The molecule has 7 heteroatoms. The molecule has 24 heavy (non-hydrogen) atoms. The van der Waals surface area contributed by atoms with E-state index in [2.05, 4.69) is 27.4 Å². The van der Waals surface area contributed by atoms with Gasteiger partial charge in [-0.3, -0.25) is 9.80 Å². The number of likely N-dealkylation sites (N-methyl/N-ethyl adjacent to an activating group) is 1. The Balaban J connectivity index is 1.36. The SMILES string of the molecule is CCNCCOCCN1CC2(C1)CN(CCOCCNCCN)C2. The van der Waals surface area contributed by atoms with Crippen molar-refractivity contribution in [1.29, 1.82) is 0 Å². The highest BCUT2D eigenvalue weighted by Gasteiger charge is 2.50. The molecule has 0 bridgehead atoms. The molecule has 2 aliphatic rings. The lowest BCUT2D eigenvalue weighted by Crippen LogP contribution is -2.72. The fraction of sp³-hybridized carbons (Fsp3) is 1.00. The number of hydrogen-bond acceptors (Lipinski definition) is 7. The van der Waals surface area contributed by atoms with Crippen LogP contribution in [0.15, 0.2) is 0 Å². The van der Waals surface area contributed by atoms with Crippen molar-refractivity contribution in [3.63, 3.8) is 0 Å². The predicted molar refractivity (Wildman–Crippen MR) is 97.4 cm³/mol. The standard InChI is InChI=1S/C17H37N5O2/c1-2-19-5-9-23-11-7-21-13-17(14-21)15-22(16-17)8-12-24-10-6-20-4-3-18/h19-20H,2-16,18H2,1H3. The molecule has 0 aromatic carbocycles. The monoisotopic (exact) mass is 343 g/mol. The summed E-state index contributed by atoms with van der Waals surface area (Å²) in [6, 6.07) is 0. The van der Waals surface area contributed by atoms with E-state index in [1.165, 1.54) is 26.2 Å². The zero-order valence-corrected chi connectivity index (χ0v) is 15.4. The molecule has 0 unspecified atom stereocenters. The van der Waals surface area contributed by atoms with E-state index < -0.39 is 0 Å². The van der Waals surface area contributed by atoms with Gasteiger partial charge in [-0.1, -0.05) is 6.92 Å². The second-order valence-corrected chi connectivity index (χ2v) is 7.04. The molecule has 0 aromatic rings. The molecule has 142 valence electrons. The maximum atomic E-state index is 5.64. The molecule has 7 nitrogen and oxygen atoms in total. The van der Waals surface area contributed by atoms with E-state index in [1.54, 1.807) is 0 Å². The van der Waals surface area contributed by atoms with Gasteiger partial charge in [-0.05, 0) is 6.54 Å². The van der Waals surface area contributed by atoms with Crippen LogP contribution in [0.1, 0.15) is 6.92 Å². The molecule has 1 spiro atoms. The lowest BCUT2D eigenvalue weighted by atomic mass is 9.73. The van der Waals surface area contributed by atoms with Crippen molar-refractivity contribution >= 4 is 0 Å². The zero-order chi connectivity index (χ0) is 17.1. The maximum Gasteiger partial charge on any atom is 0.0594 e. The van der Waals surface area contributed by atoms with Gasteiger partial charge < -0.3 is 25.8 Å². The van der Waals surface area contributed by atoms with E-state index in [0.717, 1.165) is 65.7 Å². The summed E-state index contributed by atoms with van der Waals surface area (Å²) in [7, 11) is 0. The molecule has 2 fully saturated rings. The van der Waals surface area contributed by atoms with Crippen LogP contribution in [-0.2, 0) is 9.47 Å². The molecule has 2 rings (SSSR count). The summed E-state index contributed by atoms with van der Waals surface area (Å²) in [4.78, 5) is 5.03. The minimum atomic E-state index is 0.576. The lowest BCUT2D eigenvalue weighted by molar-refractivity contribution is -0.123. The van der Waals surface area contributed by atoms with E-state index in [9.17, 15) is 0 Å². The third-order valence-corrected chi connectivity index (χ3v) is 4.76. The van der Waals surface area contributed by atoms with Gasteiger partial charge >= 0.3 is 0 Å². The van der Waals surface area contributed by atoms with Gasteiger partial charge in [0, 0.05) is 70.9 Å². The highest BCUT2D eigenvalue weighted by atomic mass is 16.5. The van der Waals surface area contributed by atoms with Crippen molar-refractivity contribution in [2.75, 3.05) is 98.4 Å². The number of rotatable bonds is 15. The van der Waals surface area contributed by atoms with Gasteiger partial charge in [0.15, 0.2) is 0 Å². The molecule has 4 N–H and O–H groups in total. The minimum absolute atomic E-state index is 0.576. The van der Waals surface area contributed by atoms with Gasteiger partial charge in [-0.25, -0.2) is 0 Å². The third-order valence-electron chi connectivity index (χ3n) is 4.76. The molecule has 2 heterocycles. The van der Waals surface area contributed by atoms with Crippen LogP contribution in [0.2, 0.25) is 0 Å². The van der Waals surface area contributed by atoms with Crippen molar-refractivity contribution in [1.82, 2.24) is 20.4 Å². The van der Waals surface area contributed by atoms with Gasteiger partial charge in [0.1, 0.15) is 0 Å². The van der Waals surface area contributed by atoms with Crippen LogP contribution in [0.4, 0.5) is 0 Å². The molecule has 0 saturated carbocycles. The Morgan fingerprint density at radius 3 is 1.88 bits per heavy atom. The number of nitrogens with zero attached hydrogens (tertiary/aromatic N) is 2. The highest BCUT2D eigenvalue weighted by molar-refractivity contribution is 5.05. The van der Waals surface area contributed by atoms with E-state index in [4.69, 9.17) is 15.2 Å². The van der Waals surface area contributed by atoms with Crippen LogP contribution < -0.4 is 16.4 Å². The Bertz CT molecular complexity index is 318. The van der Waals surface area contributed by atoms with Crippen molar-refractivity contribution in [3.05, 3.63) is 0 Å². The largest absolute Gasteiger partial charge is 0.379 e. The molecular weight excluding hydrogens is 306 g/mol. The molecule has 2 saturated heterocycles. The van der Waals surface area contributed by atoms with Gasteiger partial charge in [0.2, 0.25) is 0 Å². The van der Waals surface area contributed by atoms with E-state index in [0.29, 0.717) is 12.0 Å². The molecule has 0 aliphatic carbocycles. The fourth-order valence-corrected chi connectivity index (χ4v) is 3.60. The summed E-state index contributed by atoms with van der Waals surface area (Å²) in [5, 5.41) is 6.51. The number of hydrogen-bond donors (Lipinski definition) is 3. The Kier molecular flexibility index (Phi) is 9.48. The van der Waals surface area contributed by atoms with Gasteiger partial charge in [0.05, 0.1) is 26.4 Å². The fourth-order valence-electron chi connectivity index (χ4n) is 3.60. The smallest absolute Gasteiger partial charge is 0.0594 e. The lowest BCUT2D eigenvalue weighted by Gasteiger charge is -2.60. The van der Waals surface area contributed by atoms with Crippen LogP contribution in [-0.4, -0.2) is 108 Å². The van der Waals surface area contributed by atoms with E-state index in [1.807, 2.05) is 0 Å². The number of likely N-dealkylation sites (tertiary alicyclic amines) is 2. The van der Waals surface area contributed by atoms with Crippen molar-refractivity contribution in [2.45, 2.75) is 6.92 Å². The Labute approximate surface area is 147 Å². The first-order chi connectivity index (χ1) is 11.8. The molecule has 0 aromatic heterocycles. The summed E-state index contributed by atoms with van der Waals surface area (Å²) in [6.45, 7) is 16.9. The van der Waals surface area contributed by atoms with E-state index >= 15 is 0 Å². The quantitative estimate of drug-likeness (QED) is 0.322. The third kappa shape index (κ3) is 6.92. The topological polar surface area (TPSA) is 75.0 Å². The Morgan fingerprint density at radius 2 is 1.38 bits per heavy atom. The Hall–Kier alpha value is -0.280. The van der Waals surface area contributed by atoms with Gasteiger partial charge in [0.25, 0.3) is 0 Å². The van der Waals surface area contributed by atoms with Crippen molar-refractivity contribution < 1.29 is 9.47 Å². The summed E-state index contributed by atoms with van der Waals surface area (Å²) in [5.74, 6) is 0. The highest BCUT2D eigenvalue weighted by Crippen LogP contribution is 2.38. The molecule has 0 amide bonds. The molecule has 2 aliphatic heterocycles. The van der Waals surface area contributed by atoms with Crippen molar-refractivity contribution in [2.24, 2.45) is 11.1 Å². The van der Waals surface area contributed by atoms with E-state index in [-0.39, 0.29) is 0 Å². The second kappa shape index (κ2) is 11.4. The molecular formula is C17H37N5O2. The Morgan fingerprint density at radius 1 is 0.833 bits per heavy atom. The van der Waals surface area contributed by atoms with Crippen LogP contribution in [0.3, 0.4) is 0 Å². The molecule has 0 radical (unpaired) electrons. The summed E-state index contributed by atoms with van der Waals surface area (Å²) in [5.41, 5.74) is 5.99. The van der Waals surface area contributed by atoms with Crippen molar-refractivity contribution in [3.8, 4) is 0 Å². The normalized spacial score (nSPS) is 20.2. The average molecular weight is 344 g/mol. The van der Waals surface area contributed by atoms with Gasteiger partial charge in [-0.2, -0.15) is 0 Å². The zero-order valence-electron chi connectivity index (χ0n) is 15.4. The second-order valence-electron chi connectivity index (χ2n) is 7.04. The average Bonchev–Trinajstić information content (AvgIpc) is 2.51. The summed E-state index contributed by atoms with van der Waals surface area (Å²) >= 11 is 0. The predicted octanol–water partition coefficient (Wildman–Crippen LogP) is -1.20. The molecule has 0 atom stereocenters. The number of nitrogens with two attached hydrogens (primary N) is 1. The summed E-state index contributed by atoms with van der Waals surface area (Å²) in [6.07, 6.45) is 0.